The van der Waals surface area contributed by atoms with E-state index in [2.05, 4.69) is 5.32 Å². The van der Waals surface area contributed by atoms with E-state index in [1.807, 2.05) is 69.3 Å². The molecule has 1 atom stereocenters. The summed E-state index contributed by atoms with van der Waals surface area (Å²) in [5.41, 5.74) is 1.52. The van der Waals surface area contributed by atoms with Crippen LogP contribution >= 0.6 is 0 Å². The van der Waals surface area contributed by atoms with Gasteiger partial charge in [-0.05, 0) is 44.9 Å². The summed E-state index contributed by atoms with van der Waals surface area (Å²) >= 11 is 0. The SMILES string of the molecule is Cc1ccccc1C1(C)NC(=O)N(Cc2ccccc2OC(C)C)C1=O. The summed E-state index contributed by atoms with van der Waals surface area (Å²) < 4.78 is 5.81. The first-order valence-corrected chi connectivity index (χ1v) is 8.77. The zero-order valence-corrected chi connectivity index (χ0v) is 15.6. The summed E-state index contributed by atoms with van der Waals surface area (Å²) in [5.74, 6) is 0.434. The number of nitrogens with zero attached hydrogens (tertiary/aromatic N) is 1. The lowest BCUT2D eigenvalue weighted by atomic mass is 9.88. The molecule has 3 rings (SSSR count). The van der Waals surface area contributed by atoms with Crippen LogP contribution in [0, 0.1) is 6.92 Å². The maximum atomic E-state index is 13.1. The standard InChI is InChI=1S/C21H24N2O3/c1-14(2)26-18-12-8-6-10-16(18)13-23-19(24)21(4,22-20(23)25)17-11-7-5-9-15(17)3/h5-12,14H,13H2,1-4H3,(H,22,25). The van der Waals surface area contributed by atoms with Crippen molar-refractivity contribution in [2.45, 2.75) is 45.9 Å². The second kappa shape index (κ2) is 6.83. The number of carbonyl (C=O) groups is 2. The van der Waals surface area contributed by atoms with Gasteiger partial charge in [0.25, 0.3) is 5.91 Å². The fourth-order valence-electron chi connectivity index (χ4n) is 3.33. The van der Waals surface area contributed by atoms with Gasteiger partial charge in [-0.25, -0.2) is 4.79 Å². The minimum absolute atomic E-state index is 0.0106. The van der Waals surface area contributed by atoms with E-state index in [0.29, 0.717) is 5.75 Å². The minimum Gasteiger partial charge on any atom is -0.491 e. The van der Waals surface area contributed by atoms with Crippen molar-refractivity contribution in [2.75, 3.05) is 0 Å². The third-order valence-corrected chi connectivity index (χ3v) is 4.62. The number of urea groups is 1. The Balaban J connectivity index is 1.91. The zero-order chi connectivity index (χ0) is 18.9. The number of hydrogen-bond acceptors (Lipinski definition) is 3. The van der Waals surface area contributed by atoms with Crippen molar-refractivity contribution in [3.63, 3.8) is 0 Å². The smallest absolute Gasteiger partial charge is 0.325 e. The van der Waals surface area contributed by atoms with Crippen LogP contribution < -0.4 is 10.1 Å². The molecule has 3 amide bonds. The number of amides is 3. The molecule has 136 valence electrons. The molecule has 0 spiro atoms. The average Bonchev–Trinajstić information content (AvgIpc) is 2.80. The number of nitrogens with one attached hydrogen (secondary N) is 1. The van der Waals surface area contributed by atoms with Crippen LogP contribution in [-0.4, -0.2) is 22.9 Å². The summed E-state index contributed by atoms with van der Waals surface area (Å²) in [4.78, 5) is 27.0. The molecule has 5 nitrogen and oxygen atoms in total. The number of aryl methyl sites for hydroxylation is 1. The second-order valence-electron chi connectivity index (χ2n) is 7.04. The predicted octanol–water partition coefficient (Wildman–Crippen LogP) is 3.75. The Morgan fingerprint density at radius 3 is 2.42 bits per heavy atom. The van der Waals surface area contributed by atoms with Crippen LogP contribution in [0.2, 0.25) is 0 Å². The van der Waals surface area contributed by atoms with Crippen LogP contribution in [0.25, 0.3) is 0 Å². The summed E-state index contributed by atoms with van der Waals surface area (Å²) in [6.45, 7) is 7.76. The first kappa shape index (κ1) is 18.0. The average molecular weight is 352 g/mol. The molecule has 1 aliphatic rings. The van der Waals surface area contributed by atoms with Crippen molar-refractivity contribution >= 4 is 11.9 Å². The molecule has 0 bridgehead atoms. The molecule has 0 saturated carbocycles. The summed E-state index contributed by atoms with van der Waals surface area (Å²) in [5, 5.41) is 2.86. The Kier molecular flexibility index (Phi) is 4.72. The van der Waals surface area contributed by atoms with Gasteiger partial charge < -0.3 is 10.1 Å². The number of carbonyl (C=O) groups excluding carboxylic acids is 2. The van der Waals surface area contributed by atoms with Crippen LogP contribution in [0.15, 0.2) is 48.5 Å². The predicted molar refractivity (Wildman–Crippen MR) is 99.8 cm³/mol. The lowest BCUT2D eigenvalue weighted by Crippen LogP contribution is -2.41. The molecule has 2 aromatic carbocycles. The molecule has 1 aliphatic heterocycles. The summed E-state index contributed by atoms with van der Waals surface area (Å²) in [7, 11) is 0. The maximum absolute atomic E-state index is 13.1. The highest BCUT2D eigenvalue weighted by atomic mass is 16.5. The first-order chi connectivity index (χ1) is 12.3. The Morgan fingerprint density at radius 1 is 1.08 bits per heavy atom. The maximum Gasteiger partial charge on any atom is 0.325 e. The van der Waals surface area contributed by atoms with Gasteiger partial charge in [0.15, 0.2) is 0 Å². The molecule has 1 fully saturated rings. The molecule has 2 aromatic rings. The van der Waals surface area contributed by atoms with Gasteiger partial charge in [-0.3, -0.25) is 9.69 Å². The molecule has 0 aromatic heterocycles. The summed E-state index contributed by atoms with van der Waals surface area (Å²) in [6.07, 6.45) is 0.0106. The van der Waals surface area contributed by atoms with E-state index in [-0.39, 0.29) is 24.6 Å². The van der Waals surface area contributed by atoms with Gasteiger partial charge in [0, 0.05) is 5.56 Å². The monoisotopic (exact) mass is 352 g/mol. The number of imide groups is 1. The Bertz CT molecular complexity index is 847. The van der Waals surface area contributed by atoms with E-state index in [1.54, 1.807) is 6.92 Å². The van der Waals surface area contributed by atoms with E-state index < -0.39 is 5.54 Å². The van der Waals surface area contributed by atoms with Gasteiger partial charge in [0.1, 0.15) is 11.3 Å². The van der Waals surface area contributed by atoms with Crippen LogP contribution in [0.3, 0.4) is 0 Å². The Morgan fingerprint density at radius 2 is 1.73 bits per heavy atom. The molecule has 1 unspecified atom stereocenters. The number of hydrogen-bond donors (Lipinski definition) is 1. The van der Waals surface area contributed by atoms with E-state index in [1.165, 1.54) is 4.90 Å². The van der Waals surface area contributed by atoms with Crippen LogP contribution in [0.5, 0.6) is 5.75 Å². The highest BCUT2D eigenvalue weighted by Gasteiger charge is 2.49. The van der Waals surface area contributed by atoms with Crippen molar-refractivity contribution < 1.29 is 14.3 Å². The van der Waals surface area contributed by atoms with Crippen molar-refractivity contribution in [2.24, 2.45) is 0 Å². The third-order valence-electron chi connectivity index (χ3n) is 4.62. The normalized spacial score (nSPS) is 19.8. The molecule has 5 heteroatoms. The summed E-state index contributed by atoms with van der Waals surface area (Å²) in [6, 6.07) is 14.7. The van der Waals surface area contributed by atoms with Gasteiger partial charge in [0.05, 0.1) is 12.6 Å². The quantitative estimate of drug-likeness (QED) is 0.834. The molecule has 1 saturated heterocycles. The van der Waals surface area contributed by atoms with Gasteiger partial charge >= 0.3 is 6.03 Å². The van der Waals surface area contributed by atoms with Crippen molar-refractivity contribution in [3.8, 4) is 5.75 Å². The molecule has 26 heavy (non-hydrogen) atoms. The third kappa shape index (κ3) is 3.17. The highest BCUT2D eigenvalue weighted by Crippen LogP contribution is 2.32. The van der Waals surface area contributed by atoms with Crippen molar-refractivity contribution in [1.29, 1.82) is 0 Å². The first-order valence-electron chi connectivity index (χ1n) is 8.77. The molecule has 1 N–H and O–H groups in total. The number of benzene rings is 2. The fourth-order valence-corrected chi connectivity index (χ4v) is 3.33. The fraction of sp³-hybridized carbons (Fsp3) is 0.333. The van der Waals surface area contributed by atoms with Gasteiger partial charge in [-0.15, -0.1) is 0 Å². The second-order valence-corrected chi connectivity index (χ2v) is 7.04. The highest BCUT2D eigenvalue weighted by molar-refractivity contribution is 6.07. The molecular formula is C21H24N2O3. The van der Waals surface area contributed by atoms with Crippen LogP contribution in [-0.2, 0) is 16.9 Å². The lowest BCUT2D eigenvalue weighted by molar-refractivity contribution is -0.131. The molecular weight excluding hydrogens is 328 g/mol. The number of rotatable bonds is 5. The van der Waals surface area contributed by atoms with Gasteiger partial charge in [-0.1, -0.05) is 42.5 Å². The van der Waals surface area contributed by atoms with Crippen LogP contribution in [0.1, 0.15) is 37.5 Å². The van der Waals surface area contributed by atoms with Gasteiger partial charge in [-0.2, -0.15) is 0 Å². The Labute approximate surface area is 154 Å². The van der Waals surface area contributed by atoms with E-state index in [0.717, 1.165) is 16.7 Å². The number of para-hydroxylation sites is 1. The Hall–Kier alpha value is -2.82. The zero-order valence-electron chi connectivity index (χ0n) is 15.6. The lowest BCUT2D eigenvalue weighted by Gasteiger charge is -2.24. The van der Waals surface area contributed by atoms with Crippen molar-refractivity contribution in [1.82, 2.24) is 10.2 Å². The van der Waals surface area contributed by atoms with E-state index in [9.17, 15) is 9.59 Å². The molecule has 1 heterocycles. The largest absolute Gasteiger partial charge is 0.491 e. The minimum atomic E-state index is -1.06. The number of ether oxygens (including phenoxy) is 1. The van der Waals surface area contributed by atoms with Crippen LogP contribution in [0.4, 0.5) is 4.79 Å². The van der Waals surface area contributed by atoms with Crippen molar-refractivity contribution in [3.05, 3.63) is 65.2 Å². The van der Waals surface area contributed by atoms with E-state index >= 15 is 0 Å². The topological polar surface area (TPSA) is 58.6 Å². The molecule has 0 aliphatic carbocycles. The van der Waals surface area contributed by atoms with Gasteiger partial charge in [0.2, 0.25) is 0 Å². The molecule has 0 radical (unpaired) electrons. The van der Waals surface area contributed by atoms with E-state index in [4.69, 9.17) is 4.74 Å².